The van der Waals surface area contributed by atoms with Gasteiger partial charge in [0.2, 0.25) is 0 Å². The van der Waals surface area contributed by atoms with E-state index in [9.17, 15) is 0 Å². The van der Waals surface area contributed by atoms with Crippen LogP contribution in [-0.2, 0) is 0 Å². The lowest BCUT2D eigenvalue weighted by atomic mass is 10.1. The second kappa shape index (κ2) is 6.14. The maximum absolute atomic E-state index is 4.20. The fourth-order valence-corrected chi connectivity index (χ4v) is 0.662. The summed E-state index contributed by atoms with van der Waals surface area (Å²) in [7, 11) is 0. The van der Waals surface area contributed by atoms with Gasteiger partial charge in [-0.1, -0.05) is 20.3 Å². The van der Waals surface area contributed by atoms with Gasteiger partial charge >= 0.3 is 0 Å². The van der Waals surface area contributed by atoms with Gasteiger partial charge in [-0.15, -0.1) is 11.8 Å². The number of hydrogen-bond donors (Lipinski definition) is 0. The van der Waals surface area contributed by atoms with E-state index in [2.05, 4.69) is 18.8 Å². The molecule has 54 valence electrons. The summed E-state index contributed by atoms with van der Waals surface area (Å²) in [5.74, 6) is 0.744. The van der Waals surface area contributed by atoms with Crippen LogP contribution < -0.4 is 0 Å². The molecule has 1 unspecified atom stereocenters. The fourth-order valence-electron chi connectivity index (χ4n) is 0.427. The summed E-state index contributed by atoms with van der Waals surface area (Å²) in [4.78, 5) is 4.20. The molecule has 0 spiro atoms. The third kappa shape index (κ3) is 5.90. The van der Waals surface area contributed by atoms with Gasteiger partial charge in [-0.05, 0) is 12.2 Å². The molecule has 0 bridgehead atoms. The highest BCUT2D eigenvalue weighted by molar-refractivity contribution is 8.11. The first kappa shape index (κ1) is 9.02. The molecule has 0 saturated carbocycles. The van der Waals surface area contributed by atoms with Crippen LogP contribution in [0, 0.1) is 5.92 Å². The van der Waals surface area contributed by atoms with Gasteiger partial charge in [-0.2, -0.15) is 0 Å². The van der Waals surface area contributed by atoms with Crippen LogP contribution in [0.3, 0.4) is 0 Å². The molecule has 0 amide bonds. The van der Waals surface area contributed by atoms with Crippen molar-refractivity contribution in [1.29, 1.82) is 0 Å². The molecule has 1 atom stereocenters. The lowest BCUT2D eigenvalue weighted by Gasteiger charge is -2.00. The van der Waals surface area contributed by atoms with E-state index in [4.69, 9.17) is 0 Å². The van der Waals surface area contributed by atoms with Crippen molar-refractivity contribution in [3.05, 3.63) is 0 Å². The van der Waals surface area contributed by atoms with E-state index in [0.29, 0.717) is 0 Å². The predicted octanol–water partition coefficient (Wildman–Crippen LogP) is 2.42. The van der Waals surface area contributed by atoms with Crippen LogP contribution in [0.4, 0.5) is 0 Å². The largest absolute Gasteiger partial charge is 0.286 e. The molecule has 0 rings (SSSR count). The quantitative estimate of drug-likeness (QED) is 0.437. The van der Waals surface area contributed by atoms with Crippen LogP contribution in [0.25, 0.3) is 0 Å². The van der Waals surface area contributed by atoms with Crippen LogP contribution in [-0.4, -0.2) is 18.3 Å². The van der Waals surface area contributed by atoms with Gasteiger partial charge < -0.3 is 0 Å². The first-order chi connectivity index (χ1) is 4.31. The zero-order valence-electron chi connectivity index (χ0n) is 6.42. The van der Waals surface area contributed by atoms with Gasteiger partial charge in [0.15, 0.2) is 0 Å². The molecular weight excluding hydrogens is 130 g/mol. The van der Waals surface area contributed by atoms with Gasteiger partial charge in [0.25, 0.3) is 0 Å². The van der Waals surface area contributed by atoms with Crippen LogP contribution in [0.2, 0.25) is 0 Å². The molecule has 9 heavy (non-hydrogen) atoms. The highest BCUT2D eigenvalue weighted by Gasteiger charge is 1.92. The van der Waals surface area contributed by atoms with Crippen LogP contribution >= 0.6 is 11.8 Å². The summed E-state index contributed by atoms with van der Waals surface area (Å²) in [5, 5.41) is 0. The van der Waals surface area contributed by atoms with E-state index in [1.165, 1.54) is 6.42 Å². The van der Waals surface area contributed by atoms with Gasteiger partial charge in [0.1, 0.15) is 0 Å². The summed E-state index contributed by atoms with van der Waals surface area (Å²) in [6, 6.07) is 0. The molecule has 0 aliphatic heterocycles. The molecular formula is C7H15NS. The number of hydrogen-bond acceptors (Lipinski definition) is 2. The summed E-state index contributed by atoms with van der Waals surface area (Å²) in [5.41, 5.74) is 1.91. The molecule has 0 N–H and O–H groups in total. The summed E-state index contributed by atoms with van der Waals surface area (Å²) in [6.07, 6.45) is 3.26. The van der Waals surface area contributed by atoms with Crippen LogP contribution in [0.5, 0.6) is 0 Å². The van der Waals surface area contributed by atoms with Crippen molar-refractivity contribution >= 4 is 17.3 Å². The highest BCUT2D eigenvalue weighted by Crippen LogP contribution is 2.00. The Hall–Kier alpha value is 0.0200. The molecule has 1 nitrogen and oxygen atoms in total. The molecule has 0 aromatic rings. The smallest absolute Gasteiger partial charge is 0.0538 e. The molecule has 0 saturated heterocycles. The van der Waals surface area contributed by atoms with Crippen molar-refractivity contribution in [3.8, 4) is 0 Å². The van der Waals surface area contributed by atoms with Crippen molar-refractivity contribution < 1.29 is 0 Å². The Morgan fingerprint density at radius 3 is 2.78 bits per heavy atom. The number of thioether (sulfide) groups is 1. The molecule has 0 aromatic carbocycles. The third-order valence-electron chi connectivity index (χ3n) is 1.29. The van der Waals surface area contributed by atoms with Crippen molar-refractivity contribution in [1.82, 2.24) is 0 Å². The molecule has 2 heteroatoms. The van der Waals surface area contributed by atoms with E-state index in [-0.39, 0.29) is 0 Å². The van der Waals surface area contributed by atoms with Crippen molar-refractivity contribution in [2.45, 2.75) is 20.3 Å². The third-order valence-corrected chi connectivity index (χ3v) is 1.65. The second-order valence-electron chi connectivity index (χ2n) is 2.22. The van der Waals surface area contributed by atoms with E-state index >= 15 is 0 Å². The second-order valence-corrected chi connectivity index (χ2v) is 2.90. The zero-order chi connectivity index (χ0) is 7.11. The highest BCUT2D eigenvalue weighted by atomic mass is 32.2. The maximum atomic E-state index is 4.20. The van der Waals surface area contributed by atoms with Gasteiger partial charge in [-0.25, -0.2) is 0 Å². The van der Waals surface area contributed by atoms with Gasteiger partial charge in [-0.3, -0.25) is 4.99 Å². The Balaban J connectivity index is 3.15. The minimum absolute atomic E-state index is 0.744. The first-order valence-corrected chi connectivity index (χ1v) is 4.61. The Bertz CT molecular complexity index is 81.0. The Labute approximate surface area is 61.9 Å². The average molecular weight is 145 g/mol. The maximum Gasteiger partial charge on any atom is 0.0538 e. The van der Waals surface area contributed by atoms with E-state index in [1.54, 1.807) is 11.8 Å². The molecule has 0 fully saturated rings. The fraction of sp³-hybridized carbons (Fsp3) is 0.857. The average Bonchev–Trinajstić information content (AvgIpc) is 1.89. The molecule has 0 radical (unpaired) electrons. The van der Waals surface area contributed by atoms with Crippen molar-refractivity contribution in [3.63, 3.8) is 0 Å². The number of rotatable bonds is 4. The Morgan fingerprint density at radius 1 is 1.67 bits per heavy atom. The number of aliphatic imine (C=N–C) groups is 1. The summed E-state index contributed by atoms with van der Waals surface area (Å²) < 4.78 is 0. The standard InChI is InChI=1S/C7H15NS/c1-4-7(2)5-8-6-9-3/h6-7H,4-5H2,1-3H3. The van der Waals surface area contributed by atoms with E-state index in [0.717, 1.165) is 12.5 Å². The summed E-state index contributed by atoms with van der Waals surface area (Å²) >= 11 is 1.66. The van der Waals surface area contributed by atoms with Crippen molar-refractivity contribution in [2.24, 2.45) is 10.9 Å². The Kier molecular flexibility index (Phi) is 6.16. The molecule has 0 aromatic heterocycles. The lowest BCUT2D eigenvalue weighted by Crippen LogP contribution is -1.95. The number of nitrogens with zero attached hydrogens (tertiary/aromatic N) is 1. The van der Waals surface area contributed by atoms with Crippen LogP contribution in [0.1, 0.15) is 20.3 Å². The van der Waals surface area contributed by atoms with Crippen LogP contribution in [0.15, 0.2) is 4.99 Å². The lowest BCUT2D eigenvalue weighted by molar-refractivity contribution is 0.578. The summed E-state index contributed by atoms with van der Waals surface area (Å²) in [6.45, 7) is 5.40. The van der Waals surface area contributed by atoms with E-state index in [1.807, 2.05) is 11.8 Å². The molecule has 0 heterocycles. The first-order valence-electron chi connectivity index (χ1n) is 3.32. The zero-order valence-corrected chi connectivity index (χ0v) is 7.24. The molecule has 0 aliphatic carbocycles. The van der Waals surface area contributed by atoms with Gasteiger partial charge in [0.05, 0.1) is 5.55 Å². The van der Waals surface area contributed by atoms with Gasteiger partial charge in [0, 0.05) is 6.54 Å². The monoisotopic (exact) mass is 145 g/mol. The Morgan fingerprint density at radius 2 is 2.33 bits per heavy atom. The SMILES string of the molecule is CCC(C)CN=CSC. The van der Waals surface area contributed by atoms with E-state index < -0.39 is 0 Å². The predicted molar refractivity (Wildman–Crippen MR) is 46.3 cm³/mol. The minimum Gasteiger partial charge on any atom is -0.286 e. The topological polar surface area (TPSA) is 12.4 Å². The minimum atomic E-state index is 0.744. The molecule has 0 aliphatic rings. The normalized spacial score (nSPS) is 14.6. The van der Waals surface area contributed by atoms with Crippen molar-refractivity contribution in [2.75, 3.05) is 12.8 Å².